The largest absolute Gasteiger partial charge is 0.369 e. The third-order valence-corrected chi connectivity index (χ3v) is 3.33. The van der Waals surface area contributed by atoms with Crippen molar-refractivity contribution in [3.05, 3.63) is 29.3 Å². The predicted molar refractivity (Wildman–Crippen MR) is 73.9 cm³/mol. The van der Waals surface area contributed by atoms with E-state index in [-0.39, 0.29) is 11.9 Å². The SMILES string of the molecule is NCCC(=O)NC1CCN(c2cccc(Cl)c2)C1. The Morgan fingerprint density at radius 2 is 2.39 bits per heavy atom. The molecule has 98 valence electrons. The number of amides is 1. The lowest BCUT2D eigenvalue weighted by Crippen LogP contribution is -2.37. The molecule has 1 aromatic carbocycles. The van der Waals surface area contributed by atoms with Gasteiger partial charge in [-0.2, -0.15) is 0 Å². The number of nitrogens with zero attached hydrogens (tertiary/aromatic N) is 1. The fourth-order valence-corrected chi connectivity index (χ4v) is 2.40. The smallest absolute Gasteiger partial charge is 0.221 e. The maximum atomic E-state index is 11.5. The molecule has 0 radical (unpaired) electrons. The molecule has 1 fully saturated rings. The molecule has 0 aliphatic carbocycles. The fourth-order valence-electron chi connectivity index (χ4n) is 2.22. The van der Waals surface area contributed by atoms with Crippen molar-refractivity contribution in [2.24, 2.45) is 5.73 Å². The van der Waals surface area contributed by atoms with Crippen LogP contribution >= 0.6 is 11.6 Å². The lowest BCUT2D eigenvalue weighted by Gasteiger charge is -2.19. The van der Waals surface area contributed by atoms with Crippen molar-refractivity contribution >= 4 is 23.2 Å². The molecule has 1 aromatic rings. The summed E-state index contributed by atoms with van der Waals surface area (Å²) in [4.78, 5) is 13.7. The van der Waals surface area contributed by atoms with Gasteiger partial charge < -0.3 is 16.0 Å². The van der Waals surface area contributed by atoms with Crippen LogP contribution in [0, 0.1) is 0 Å². The highest BCUT2D eigenvalue weighted by Gasteiger charge is 2.23. The van der Waals surface area contributed by atoms with Gasteiger partial charge in [0.1, 0.15) is 0 Å². The average molecular weight is 268 g/mol. The van der Waals surface area contributed by atoms with E-state index in [1.54, 1.807) is 0 Å². The Labute approximate surface area is 112 Å². The van der Waals surface area contributed by atoms with Gasteiger partial charge in [0.15, 0.2) is 0 Å². The molecular formula is C13H18ClN3O. The van der Waals surface area contributed by atoms with Crippen LogP contribution in [0.1, 0.15) is 12.8 Å². The van der Waals surface area contributed by atoms with Crippen molar-refractivity contribution in [2.45, 2.75) is 18.9 Å². The Kier molecular flexibility index (Phi) is 4.44. The van der Waals surface area contributed by atoms with Crippen molar-refractivity contribution in [1.29, 1.82) is 0 Å². The maximum Gasteiger partial charge on any atom is 0.221 e. The van der Waals surface area contributed by atoms with E-state index in [9.17, 15) is 4.79 Å². The number of carbonyl (C=O) groups is 1. The van der Waals surface area contributed by atoms with Gasteiger partial charge >= 0.3 is 0 Å². The molecule has 4 nitrogen and oxygen atoms in total. The van der Waals surface area contributed by atoms with Gasteiger partial charge in [-0.3, -0.25) is 4.79 Å². The Bertz CT molecular complexity index is 424. The van der Waals surface area contributed by atoms with E-state index >= 15 is 0 Å². The van der Waals surface area contributed by atoms with Crippen LogP contribution in [0.2, 0.25) is 5.02 Å². The number of nitrogens with two attached hydrogens (primary N) is 1. The summed E-state index contributed by atoms with van der Waals surface area (Å²) in [6, 6.07) is 8.00. The van der Waals surface area contributed by atoms with Gasteiger partial charge in [-0.15, -0.1) is 0 Å². The lowest BCUT2D eigenvalue weighted by molar-refractivity contribution is -0.121. The minimum Gasteiger partial charge on any atom is -0.369 e. The van der Waals surface area contributed by atoms with Gasteiger partial charge in [-0.1, -0.05) is 17.7 Å². The number of rotatable bonds is 4. The van der Waals surface area contributed by atoms with Crippen LogP contribution in [-0.4, -0.2) is 31.6 Å². The first kappa shape index (κ1) is 13.2. The number of halogens is 1. The average Bonchev–Trinajstić information content (AvgIpc) is 2.78. The lowest BCUT2D eigenvalue weighted by atomic mass is 10.2. The molecule has 0 spiro atoms. The number of carbonyl (C=O) groups excluding carboxylic acids is 1. The van der Waals surface area contributed by atoms with Crippen molar-refractivity contribution in [1.82, 2.24) is 5.32 Å². The van der Waals surface area contributed by atoms with Crippen molar-refractivity contribution in [3.8, 4) is 0 Å². The van der Waals surface area contributed by atoms with Crippen molar-refractivity contribution < 1.29 is 4.79 Å². The second-order valence-corrected chi connectivity index (χ2v) is 4.95. The van der Waals surface area contributed by atoms with Gasteiger partial charge in [0.05, 0.1) is 0 Å². The van der Waals surface area contributed by atoms with E-state index in [2.05, 4.69) is 10.2 Å². The van der Waals surface area contributed by atoms with Gasteiger partial charge in [0.2, 0.25) is 5.91 Å². The summed E-state index contributed by atoms with van der Waals surface area (Å²) in [5, 5.41) is 3.74. The summed E-state index contributed by atoms with van der Waals surface area (Å²) < 4.78 is 0. The zero-order chi connectivity index (χ0) is 13.0. The molecule has 1 atom stereocenters. The molecule has 1 aliphatic heterocycles. The Morgan fingerprint density at radius 3 is 3.11 bits per heavy atom. The van der Waals surface area contributed by atoms with Crippen LogP contribution in [-0.2, 0) is 4.79 Å². The zero-order valence-corrected chi connectivity index (χ0v) is 11.0. The molecule has 18 heavy (non-hydrogen) atoms. The number of hydrogen-bond donors (Lipinski definition) is 2. The van der Waals surface area contributed by atoms with E-state index in [0.717, 1.165) is 30.2 Å². The molecule has 1 amide bonds. The normalized spacial score (nSPS) is 19.0. The first-order valence-electron chi connectivity index (χ1n) is 6.19. The standard InChI is InChI=1S/C13H18ClN3O/c14-10-2-1-3-12(8-10)17-7-5-11(9-17)16-13(18)4-6-15/h1-3,8,11H,4-7,9,15H2,(H,16,18). The van der Waals surface area contributed by atoms with E-state index in [4.69, 9.17) is 17.3 Å². The summed E-state index contributed by atoms with van der Waals surface area (Å²) in [6.45, 7) is 2.17. The van der Waals surface area contributed by atoms with Crippen LogP contribution in [0.4, 0.5) is 5.69 Å². The van der Waals surface area contributed by atoms with E-state index < -0.39 is 0 Å². The Balaban J connectivity index is 1.90. The molecule has 5 heteroatoms. The van der Waals surface area contributed by atoms with Crippen molar-refractivity contribution in [3.63, 3.8) is 0 Å². The van der Waals surface area contributed by atoms with E-state index in [1.165, 1.54) is 0 Å². The highest BCUT2D eigenvalue weighted by atomic mass is 35.5. The minimum atomic E-state index is 0.0374. The first-order valence-corrected chi connectivity index (χ1v) is 6.57. The fraction of sp³-hybridized carbons (Fsp3) is 0.462. The summed E-state index contributed by atoms with van der Waals surface area (Å²) in [5.74, 6) is 0.0374. The molecule has 1 aliphatic rings. The zero-order valence-electron chi connectivity index (χ0n) is 10.2. The topological polar surface area (TPSA) is 58.4 Å². The third-order valence-electron chi connectivity index (χ3n) is 3.10. The quantitative estimate of drug-likeness (QED) is 0.867. The Hall–Kier alpha value is -1.26. The summed E-state index contributed by atoms with van der Waals surface area (Å²) >= 11 is 5.97. The summed E-state index contributed by atoms with van der Waals surface area (Å²) in [7, 11) is 0. The highest BCUT2D eigenvalue weighted by molar-refractivity contribution is 6.30. The molecule has 2 rings (SSSR count). The van der Waals surface area contributed by atoms with Crippen LogP contribution < -0.4 is 16.0 Å². The Morgan fingerprint density at radius 1 is 1.56 bits per heavy atom. The second-order valence-electron chi connectivity index (χ2n) is 4.52. The van der Waals surface area contributed by atoms with Gasteiger partial charge in [0, 0.05) is 42.8 Å². The maximum absolute atomic E-state index is 11.5. The molecule has 1 heterocycles. The highest BCUT2D eigenvalue weighted by Crippen LogP contribution is 2.23. The minimum absolute atomic E-state index is 0.0374. The van der Waals surface area contributed by atoms with E-state index in [0.29, 0.717) is 13.0 Å². The molecule has 3 N–H and O–H groups in total. The molecule has 0 bridgehead atoms. The van der Waals surface area contributed by atoms with Crippen LogP contribution in [0.25, 0.3) is 0 Å². The molecule has 1 saturated heterocycles. The number of hydrogen-bond acceptors (Lipinski definition) is 3. The van der Waals surface area contributed by atoms with Gasteiger partial charge in [0.25, 0.3) is 0 Å². The van der Waals surface area contributed by atoms with Gasteiger partial charge in [-0.05, 0) is 24.6 Å². The van der Waals surface area contributed by atoms with Crippen LogP contribution in [0.15, 0.2) is 24.3 Å². The number of benzene rings is 1. The predicted octanol–water partition coefficient (Wildman–Crippen LogP) is 1.38. The second kappa shape index (κ2) is 6.07. The van der Waals surface area contributed by atoms with Crippen LogP contribution in [0.5, 0.6) is 0 Å². The molecule has 0 saturated carbocycles. The molecule has 1 unspecified atom stereocenters. The first-order chi connectivity index (χ1) is 8.69. The van der Waals surface area contributed by atoms with Crippen LogP contribution in [0.3, 0.4) is 0 Å². The summed E-state index contributed by atoms with van der Waals surface area (Å²) in [6.07, 6.45) is 1.36. The summed E-state index contributed by atoms with van der Waals surface area (Å²) in [5.41, 5.74) is 6.46. The van der Waals surface area contributed by atoms with Gasteiger partial charge in [-0.25, -0.2) is 0 Å². The third kappa shape index (κ3) is 3.37. The molecule has 0 aromatic heterocycles. The number of nitrogens with one attached hydrogen (secondary N) is 1. The molecular weight excluding hydrogens is 250 g/mol. The monoisotopic (exact) mass is 267 g/mol. The van der Waals surface area contributed by atoms with Crippen molar-refractivity contribution in [2.75, 3.05) is 24.5 Å². The number of anilines is 1. The van der Waals surface area contributed by atoms with E-state index in [1.807, 2.05) is 24.3 Å².